The van der Waals surface area contributed by atoms with Gasteiger partial charge in [-0.3, -0.25) is 9.59 Å². The molecule has 2 atom stereocenters. The maximum atomic E-state index is 11.9. The second kappa shape index (κ2) is 7.40. The van der Waals surface area contributed by atoms with E-state index in [1.807, 2.05) is 0 Å². The van der Waals surface area contributed by atoms with Gasteiger partial charge in [-0.15, -0.1) is 0 Å². The van der Waals surface area contributed by atoms with Crippen LogP contribution in [0, 0.1) is 0 Å². The van der Waals surface area contributed by atoms with E-state index in [-0.39, 0.29) is 6.42 Å². The van der Waals surface area contributed by atoms with Gasteiger partial charge in [-0.1, -0.05) is 0 Å². The predicted octanol–water partition coefficient (Wildman–Crippen LogP) is 0.555. The number of hydrogen-bond donors (Lipinski definition) is 1. The zero-order valence-electron chi connectivity index (χ0n) is 12.9. The summed E-state index contributed by atoms with van der Waals surface area (Å²) in [5, 5.41) is 2.49. The monoisotopic (exact) mass is 301 g/mol. The minimum Gasteiger partial charge on any atom is -0.467 e. The Balaban J connectivity index is 2.61. The summed E-state index contributed by atoms with van der Waals surface area (Å²) in [5.41, 5.74) is -0.656. The van der Waals surface area contributed by atoms with Crippen molar-refractivity contribution in [2.75, 3.05) is 13.7 Å². The highest BCUT2D eigenvalue weighted by Gasteiger charge is 2.31. The molecule has 1 fully saturated rings. The summed E-state index contributed by atoms with van der Waals surface area (Å²) >= 11 is 0. The summed E-state index contributed by atoms with van der Waals surface area (Å²) in [7, 11) is 1.20. The molecule has 0 radical (unpaired) electrons. The molecule has 0 saturated carbocycles. The Morgan fingerprint density at radius 3 is 2.48 bits per heavy atom. The summed E-state index contributed by atoms with van der Waals surface area (Å²) in [4.78, 5) is 35.4. The Hall–Kier alpha value is -1.63. The first kappa shape index (κ1) is 17.4. The zero-order valence-corrected chi connectivity index (χ0v) is 12.9. The van der Waals surface area contributed by atoms with Crippen LogP contribution in [0.25, 0.3) is 0 Å². The van der Waals surface area contributed by atoms with E-state index >= 15 is 0 Å². The molecule has 1 amide bonds. The van der Waals surface area contributed by atoms with Crippen molar-refractivity contribution in [3.63, 3.8) is 0 Å². The Morgan fingerprint density at radius 1 is 1.33 bits per heavy atom. The third-order valence-electron chi connectivity index (χ3n) is 2.82. The van der Waals surface area contributed by atoms with Gasteiger partial charge in [0.15, 0.2) is 0 Å². The van der Waals surface area contributed by atoms with Crippen molar-refractivity contribution in [1.29, 1.82) is 0 Å². The van der Waals surface area contributed by atoms with Crippen molar-refractivity contribution in [3.05, 3.63) is 0 Å². The molecule has 0 unspecified atom stereocenters. The molecule has 0 aromatic rings. The van der Waals surface area contributed by atoms with Gasteiger partial charge >= 0.3 is 11.9 Å². The first-order valence-corrected chi connectivity index (χ1v) is 6.94. The maximum Gasteiger partial charge on any atom is 0.328 e. The predicted molar refractivity (Wildman–Crippen MR) is 73.4 cm³/mol. The molecule has 0 aromatic heterocycles. The Morgan fingerprint density at radius 2 is 2.00 bits per heavy atom. The lowest BCUT2D eigenvalue weighted by molar-refractivity contribution is -0.159. The van der Waals surface area contributed by atoms with Crippen LogP contribution in [0.4, 0.5) is 0 Å². The molecule has 21 heavy (non-hydrogen) atoms. The fourth-order valence-corrected chi connectivity index (χ4v) is 1.93. The quantitative estimate of drug-likeness (QED) is 0.746. The molecule has 1 heterocycles. The van der Waals surface area contributed by atoms with Crippen LogP contribution >= 0.6 is 0 Å². The average molecular weight is 301 g/mol. The fourth-order valence-electron chi connectivity index (χ4n) is 1.93. The molecule has 1 N–H and O–H groups in total. The van der Waals surface area contributed by atoms with E-state index in [2.05, 4.69) is 10.1 Å². The third kappa shape index (κ3) is 6.12. The van der Waals surface area contributed by atoms with Gasteiger partial charge in [-0.2, -0.15) is 0 Å². The van der Waals surface area contributed by atoms with E-state index < -0.39 is 35.6 Å². The van der Waals surface area contributed by atoms with Crippen LogP contribution in [0.1, 0.15) is 40.0 Å². The van der Waals surface area contributed by atoms with Gasteiger partial charge < -0.3 is 19.5 Å². The lowest BCUT2D eigenvalue weighted by Gasteiger charge is -2.22. The molecular weight excluding hydrogens is 278 g/mol. The standard InChI is InChI=1S/C14H23NO6/c1-14(2,3)21-11(16)8-9(13(18)19-4)15-12(17)10-6-5-7-20-10/h9-10H,5-8H2,1-4H3,(H,15,17)/t9-,10+/m0/s1. The molecule has 1 aliphatic heterocycles. The lowest BCUT2D eigenvalue weighted by atomic mass is 10.1. The Kier molecular flexibility index (Phi) is 6.14. The average Bonchev–Trinajstić information content (AvgIpc) is 2.88. The largest absolute Gasteiger partial charge is 0.467 e. The van der Waals surface area contributed by atoms with E-state index in [0.29, 0.717) is 13.0 Å². The van der Waals surface area contributed by atoms with E-state index in [1.54, 1.807) is 20.8 Å². The Bertz CT molecular complexity index is 395. The Labute approximate surface area is 124 Å². The fraction of sp³-hybridized carbons (Fsp3) is 0.786. The smallest absolute Gasteiger partial charge is 0.328 e. The summed E-state index contributed by atoms with van der Waals surface area (Å²) in [6.07, 6.45) is 0.553. The number of amides is 1. The molecule has 1 rings (SSSR count). The van der Waals surface area contributed by atoms with Crippen molar-refractivity contribution in [3.8, 4) is 0 Å². The second-order valence-corrected chi connectivity index (χ2v) is 5.88. The zero-order chi connectivity index (χ0) is 16.0. The number of carbonyl (C=O) groups is 3. The van der Waals surface area contributed by atoms with Gasteiger partial charge in [0.05, 0.1) is 13.5 Å². The van der Waals surface area contributed by atoms with Crippen molar-refractivity contribution < 1.29 is 28.6 Å². The number of hydrogen-bond acceptors (Lipinski definition) is 6. The number of carbonyl (C=O) groups excluding carboxylic acids is 3. The van der Waals surface area contributed by atoms with Crippen molar-refractivity contribution in [2.45, 2.75) is 57.8 Å². The number of esters is 2. The second-order valence-electron chi connectivity index (χ2n) is 5.88. The molecule has 0 bridgehead atoms. The normalized spacial score (nSPS) is 19.7. The summed E-state index contributed by atoms with van der Waals surface area (Å²) in [6.45, 7) is 5.70. The van der Waals surface area contributed by atoms with Crippen LogP contribution < -0.4 is 5.32 Å². The summed E-state index contributed by atoms with van der Waals surface area (Å²) in [6, 6.07) is -1.07. The number of rotatable bonds is 5. The lowest BCUT2D eigenvalue weighted by Crippen LogP contribution is -2.47. The van der Waals surface area contributed by atoms with Gasteiger partial charge in [-0.25, -0.2) is 4.79 Å². The minimum atomic E-state index is -1.07. The van der Waals surface area contributed by atoms with Crippen LogP contribution in [0.15, 0.2) is 0 Å². The van der Waals surface area contributed by atoms with Crippen LogP contribution in [-0.4, -0.2) is 49.3 Å². The molecule has 1 aliphatic rings. The van der Waals surface area contributed by atoms with Crippen LogP contribution in [0.5, 0.6) is 0 Å². The minimum absolute atomic E-state index is 0.275. The van der Waals surface area contributed by atoms with Gasteiger partial charge in [0.2, 0.25) is 5.91 Å². The van der Waals surface area contributed by atoms with E-state index in [0.717, 1.165) is 6.42 Å². The first-order chi connectivity index (χ1) is 9.73. The molecular formula is C14H23NO6. The number of nitrogens with one attached hydrogen (secondary N) is 1. The van der Waals surface area contributed by atoms with Crippen LogP contribution in [0.3, 0.4) is 0 Å². The van der Waals surface area contributed by atoms with Gasteiger partial charge in [-0.05, 0) is 33.6 Å². The molecule has 7 heteroatoms. The van der Waals surface area contributed by atoms with Crippen molar-refractivity contribution in [1.82, 2.24) is 5.32 Å². The molecule has 1 saturated heterocycles. The van der Waals surface area contributed by atoms with Crippen LogP contribution in [0.2, 0.25) is 0 Å². The number of methoxy groups -OCH3 is 1. The number of ether oxygens (including phenoxy) is 3. The van der Waals surface area contributed by atoms with Gasteiger partial charge in [0.1, 0.15) is 17.7 Å². The maximum absolute atomic E-state index is 11.9. The van der Waals surface area contributed by atoms with Gasteiger partial charge in [0, 0.05) is 6.61 Å². The highest BCUT2D eigenvalue weighted by molar-refractivity contribution is 5.89. The first-order valence-electron chi connectivity index (χ1n) is 6.94. The van der Waals surface area contributed by atoms with Crippen molar-refractivity contribution in [2.24, 2.45) is 0 Å². The van der Waals surface area contributed by atoms with Crippen LogP contribution in [-0.2, 0) is 28.6 Å². The van der Waals surface area contributed by atoms with E-state index in [9.17, 15) is 14.4 Å². The van der Waals surface area contributed by atoms with Crippen molar-refractivity contribution >= 4 is 17.8 Å². The highest BCUT2D eigenvalue weighted by Crippen LogP contribution is 2.13. The SMILES string of the molecule is COC(=O)[C@H](CC(=O)OC(C)(C)C)NC(=O)[C@H]1CCCO1. The third-order valence-corrected chi connectivity index (χ3v) is 2.82. The topological polar surface area (TPSA) is 90.9 Å². The molecule has 7 nitrogen and oxygen atoms in total. The van der Waals surface area contributed by atoms with E-state index in [4.69, 9.17) is 9.47 Å². The molecule has 0 spiro atoms. The van der Waals surface area contributed by atoms with E-state index in [1.165, 1.54) is 7.11 Å². The summed E-state index contributed by atoms with van der Waals surface area (Å²) in [5.74, 6) is -1.68. The molecule has 120 valence electrons. The highest BCUT2D eigenvalue weighted by atomic mass is 16.6. The molecule has 0 aliphatic carbocycles. The molecule has 0 aromatic carbocycles. The summed E-state index contributed by atoms with van der Waals surface area (Å²) < 4.78 is 15.0. The van der Waals surface area contributed by atoms with Gasteiger partial charge in [0.25, 0.3) is 0 Å².